The maximum Gasteiger partial charge on any atom is 0.423 e. The SMILES string of the molecule is COc1ncc(-c2ccc(N(C(=O)OCc3ccccn3)[C@H]3CC[C@H](Nc4ncc(C(F)(F)F)c(OC5COC5)n4)CC3)nc2)cn1. The maximum absolute atomic E-state index is 13.6. The van der Waals surface area contributed by atoms with Crippen molar-refractivity contribution >= 4 is 17.9 Å². The van der Waals surface area contributed by atoms with Crippen LogP contribution in [0.5, 0.6) is 11.9 Å². The Kier molecular flexibility index (Phi) is 9.56. The molecule has 13 nitrogen and oxygen atoms in total. The summed E-state index contributed by atoms with van der Waals surface area (Å²) in [5.41, 5.74) is 1.02. The minimum atomic E-state index is -4.67. The smallest absolute Gasteiger partial charge is 0.423 e. The summed E-state index contributed by atoms with van der Waals surface area (Å²) >= 11 is 0. The van der Waals surface area contributed by atoms with Gasteiger partial charge in [0.25, 0.3) is 0 Å². The Balaban J connectivity index is 1.15. The highest BCUT2D eigenvalue weighted by atomic mass is 19.4. The fraction of sp³-hybridized carbons (Fsp3) is 0.387. The van der Waals surface area contributed by atoms with Gasteiger partial charge in [-0.05, 0) is 49.9 Å². The summed E-state index contributed by atoms with van der Waals surface area (Å²) in [5.74, 6) is -0.101. The Hall–Kier alpha value is -5.12. The first-order valence-electron chi connectivity index (χ1n) is 14.9. The van der Waals surface area contributed by atoms with Gasteiger partial charge in [-0.15, -0.1) is 0 Å². The average molecular weight is 653 g/mol. The maximum atomic E-state index is 13.6. The number of anilines is 2. The Bertz CT molecular complexity index is 1640. The lowest BCUT2D eigenvalue weighted by atomic mass is 9.90. The highest BCUT2D eigenvalue weighted by Gasteiger charge is 2.38. The van der Waals surface area contributed by atoms with Crippen molar-refractivity contribution in [2.75, 3.05) is 30.5 Å². The first kappa shape index (κ1) is 31.8. The number of aromatic nitrogens is 6. The standard InChI is InChI=1S/C31H31F3N8O5/c1-44-29-38-13-20(14-39-29)19-5-10-26(36-12-19)42(30(43)46-16-22-4-2-3-11-35-22)23-8-6-21(7-9-23)40-28-37-15-25(31(32,33)34)27(41-28)47-24-17-45-18-24/h2-5,10-15,21,23-24H,6-9,16-18H2,1H3,(H,37,40,41)/t21-,23-. The molecule has 47 heavy (non-hydrogen) atoms. The third-order valence-corrected chi connectivity index (χ3v) is 7.75. The van der Waals surface area contributed by atoms with Gasteiger partial charge in [-0.1, -0.05) is 6.07 Å². The number of ether oxygens (including phenoxy) is 4. The molecule has 4 aromatic rings. The van der Waals surface area contributed by atoms with Crippen LogP contribution in [0.3, 0.4) is 0 Å². The zero-order chi connectivity index (χ0) is 32.8. The molecule has 1 saturated carbocycles. The van der Waals surface area contributed by atoms with E-state index < -0.39 is 29.8 Å². The monoisotopic (exact) mass is 652 g/mol. The predicted octanol–water partition coefficient (Wildman–Crippen LogP) is 5.10. The third kappa shape index (κ3) is 7.82. The van der Waals surface area contributed by atoms with Crippen LogP contribution in [-0.2, 0) is 22.3 Å². The van der Waals surface area contributed by atoms with Crippen LogP contribution in [0.4, 0.5) is 29.7 Å². The summed E-state index contributed by atoms with van der Waals surface area (Å²) in [7, 11) is 1.48. The third-order valence-electron chi connectivity index (χ3n) is 7.75. The first-order valence-corrected chi connectivity index (χ1v) is 14.9. The number of carbonyl (C=O) groups is 1. The van der Waals surface area contributed by atoms with Crippen molar-refractivity contribution in [1.29, 1.82) is 0 Å². The highest BCUT2D eigenvalue weighted by molar-refractivity contribution is 5.87. The van der Waals surface area contributed by atoms with Gasteiger partial charge in [0.15, 0.2) is 0 Å². The number of hydrogen-bond donors (Lipinski definition) is 1. The zero-order valence-corrected chi connectivity index (χ0v) is 25.3. The molecular formula is C31H31F3N8O5. The van der Waals surface area contributed by atoms with E-state index in [1.54, 1.807) is 43.0 Å². The van der Waals surface area contributed by atoms with E-state index >= 15 is 0 Å². The largest absolute Gasteiger partial charge is 0.469 e. The van der Waals surface area contributed by atoms with Gasteiger partial charge in [-0.25, -0.2) is 24.7 Å². The van der Waals surface area contributed by atoms with Crippen LogP contribution in [0, 0.1) is 0 Å². The lowest BCUT2D eigenvalue weighted by molar-refractivity contribution is -0.142. The van der Waals surface area contributed by atoms with Gasteiger partial charge in [-0.3, -0.25) is 9.88 Å². The minimum absolute atomic E-state index is 0.0169. The molecule has 1 N–H and O–H groups in total. The highest BCUT2D eigenvalue weighted by Crippen LogP contribution is 2.36. The van der Waals surface area contributed by atoms with Crippen molar-refractivity contribution in [2.24, 2.45) is 0 Å². The van der Waals surface area contributed by atoms with Gasteiger partial charge < -0.3 is 24.3 Å². The Morgan fingerprint density at radius 3 is 2.34 bits per heavy atom. The van der Waals surface area contributed by atoms with Crippen LogP contribution in [0.2, 0.25) is 0 Å². The molecule has 2 aliphatic rings. The fourth-order valence-electron chi connectivity index (χ4n) is 5.21. The Labute approximate surface area is 267 Å². The molecule has 0 unspecified atom stereocenters. The first-order chi connectivity index (χ1) is 22.8. The number of pyridine rings is 2. The minimum Gasteiger partial charge on any atom is -0.469 e. The summed E-state index contributed by atoms with van der Waals surface area (Å²) < 4.78 is 61.8. The normalized spacial score (nSPS) is 18.1. The van der Waals surface area contributed by atoms with Crippen LogP contribution in [-0.4, -0.2) is 74.5 Å². The quantitative estimate of drug-likeness (QED) is 0.243. The van der Waals surface area contributed by atoms with E-state index in [9.17, 15) is 18.0 Å². The van der Waals surface area contributed by atoms with Crippen molar-refractivity contribution in [3.8, 4) is 23.0 Å². The lowest BCUT2D eigenvalue weighted by Gasteiger charge is -2.36. The van der Waals surface area contributed by atoms with Gasteiger partial charge in [0, 0.05) is 54.2 Å². The van der Waals surface area contributed by atoms with Crippen molar-refractivity contribution in [1.82, 2.24) is 29.9 Å². The summed E-state index contributed by atoms with van der Waals surface area (Å²) in [6.45, 7) is 0.377. The molecule has 6 rings (SSSR count). The zero-order valence-electron chi connectivity index (χ0n) is 25.3. The van der Waals surface area contributed by atoms with E-state index in [-0.39, 0.29) is 43.9 Å². The molecule has 5 heterocycles. The molecular weight excluding hydrogens is 621 g/mol. The van der Waals surface area contributed by atoms with E-state index in [2.05, 4.69) is 35.2 Å². The van der Waals surface area contributed by atoms with Crippen LogP contribution < -0.4 is 19.7 Å². The molecule has 0 spiro atoms. The Morgan fingerprint density at radius 1 is 0.957 bits per heavy atom. The Morgan fingerprint density at radius 2 is 1.72 bits per heavy atom. The van der Waals surface area contributed by atoms with E-state index in [1.807, 2.05) is 12.1 Å². The molecule has 1 aliphatic heterocycles. The second-order valence-electron chi connectivity index (χ2n) is 10.9. The molecule has 0 aromatic carbocycles. The lowest BCUT2D eigenvalue weighted by Crippen LogP contribution is -2.45. The van der Waals surface area contributed by atoms with Crippen LogP contribution in [0.25, 0.3) is 11.1 Å². The molecule has 4 aromatic heterocycles. The summed E-state index contributed by atoms with van der Waals surface area (Å²) in [5, 5.41) is 3.14. The second-order valence-corrected chi connectivity index (χ2v) is 10.9. The number of halogens is 3. The topological polar surface area (TPSA) is 147 Å². The van der Waals surface area contributed by atoms with Crippen molar-refractivity contribution < 1.29 is 36.9 Å². The predicted molar refractivity (Wildman–Crippen MR) is 161 cm³/mol. The van der Waals surface area contributed by atoms with Gasteiger partial charge in [0.05, 0.1) is 26.0 Å². The van der Waals surface area contributed by atoms with Crippen molar-refractivity contribution in [3.05, 3.63) is 72.6 Å². The number of rotatable bonds is 10. The number of alkyl halides is 3. The summed E-state index contributed by atoms with van der Waals surface area (Å²) in [6, 6.07) is 8.72. The van der Waals surface area contributed by atoms with Gasteiger partial charge in [0.2, 0.25) is 11.8 Å². The van der Waals surface area contributed by atoms with Crippen molar-refractivity contribution in [2.45, 2.75) is 56.7 Å². The number of nitrogens with one attached hydrogen (secondary N) is 1. The molecule has 1 aliphatic carbocycles. The molecule has 0 radical (unpaired) electrons. The van der Waals surface area contributed by atoms with Gasteiger partial charge in [0.1, 0.15) is 24.1 Å². The number of carbonyl (C=O) groups excluding carboxylic acids is 1. The number of amides is 1. The second kappa shape index (κ2) is 14.1. The molecule has 16 heteroatoms. The van der Waals surface area contributed by atoms with E-state index in [4.69, 9.17) is 18.9 Å². The number of hydrogen-bond acceptors (Lipinski definition) is 12. The molecule has 0 atom stereocenters. The van der Waals surface area contributed by atoms with E-state index in [0.717, 1.165) is 17.3 Å². The molecule has 0 bridgehead atoms. The summed E-state index contributed by atoms with van der Waals surface area (Å²) in [4.78, 5) is 40.1. The van der Waals surface area contributed by atoms with Crippen LogP contribution in [0.15, 0.2) is 61.3 Å². The van der Waals surface area contributed by atoms with Gasteiger partial charge >= 0.3 is 18.3 Å². The fourth-order valence-corrected chi connectivity index (χ4v) is 5.21. The van der Waals surface area contributed by atoms with E-state index in [0.29, 0.717) is 37.2 Å². The summed E-state index contributed by atoms with van der Waals surface area (Å²) in [6.07, 6.45) is 3.73. The van der Waals surface area contributed by atoms with Crippen molar-refractivity contribution in [3.63, 3.8) is 0 Å². The van der Waals surface area contributed by atoms with Crippen LogP contribution >= 0.6 is 0 Å². The number of nitrogens with zero attached hydrogens (tertiary/aromatic N) is 7. The number of methoxy groups -OCH3 is 1. The molecule has 1 amide bonds. The average Bonchev–Trinajstić information content (AvgIpc) is 3.07. The molecule has 1 saturated heterocycles. The van der Waals surface area contributed by atoms with Gasteiger partial charge in [-0.2, -0.15) is 18.2 Å². The molecule has 2 fully saturated rings. The van der Waals surface area contributed by atoms with E-state index in [1.165, 1.54) is 12.0 Å². The van der Waals surface area contributed by atoms with Crippen LogP contribution in [0.1, 0.15) is 36.9 Å². The molecule has 246 valence electrons.